The Morgan fingerprint density at radius 1 is 1.40 bits per heavy atom. The molecule has 1 atom stereocenters. The standard InChI is InChI=1S/C13H19N3O4/c1-4-14-10-7-6-8-11(12(10)16(18)19)15-9(3)13(17)20-5-2/h6-9,14-15H,4-5H2,1-3H3. The normalized spacial score (nSPS) is 11.6. The molecule has 0 aromatic heterocycles. The van der Waals surface area contributed by atoms with Gasteiger partial charge in [-0.15, -0.1) is 0 Å². The molecule has 1 rings (SSSR count). The average molecular weight is 281 g/mol. The van der Waals surface area contributed by atoms with E-state index in [1.54, 1.807) is 32.0 Å². The van der Waals surface area contributed by atoms with E-state index in [2.05, 4.69) is 10.6 Å². The van der Waals surface area contributed by atoms with Gasteiger partial charge in [-0.05, 0) is 32.9 Å². The minimum Gasteiger partial charge on any atom is -0.464 e. The molecule has 0 heterocycles. The van der Waals surface area contributed by atoms with Crippen LogP contribution in [0.5, 0.6) is 0 Å². The van der Waals surface area contributed by atoms with Gasteiger partial charge in [-0.25, -0.2) is 4.79 Å². The lowest BCUT2D eigenvalue weighted by molar-refractivity contribution is -0.383. The van der Waals surface area contributed by atoms with Crippen molar-refractivity contribution in [1.29, 1.82) is 0 Å². The molecular weight excluding hydrogens is 262 g/mol. The van der Waals surface area contributed by atoms with Gasteiger partial charge >= 0.3 is 11.7 Å². The molecule has 110 valence electrons. The summed E-state index contributed by atoms with van der Waals surface area (Å²) in [7, 11) is 0. The Kier molecular flexibility index (Phi) is 5.76. The maximum Gasteiger partial charge on any atom is 0.328 e. The third-order valence-corrected chi connectivity index (χ3v) is 2.60. The topological polar surface area (TPSA) is 93.5 Å². The first kappa shape index (κ1) is 15.7. The molecule has 0 radical (unpaired) electrons. The number of hydrogen-bond acceptors (Lipinski definition) is 6. The highest BCUT2D eigenvalue weighted by Gasteiger charge is 2.22. The van der Waals surface area contributed by atoms with Crippen LogP contribution >= 0.6 is 0 Å². The fourth-order valence-corrected chi connectivity index (χ4v) is 1.75. The van der Waals surface area contributed by atoms with Crippen molar-refractivity contribution >= 4 is 23.0 Å². The summed E-state index contributed by atoms with van der Waals surface area (Å²) in [6.45, 7) is 5.99. The van der Waals surface area contributed by atoms with E-state index >= 15 is 0 Å². The van der Waals surface area contributed by atoms with Crippen molar-refractivity contribution in [3.8, 4) is 0 Å². The number of ether oxygens (including phenoxy) is 1. The van der Waals surface area contributed by atoms with Crippen LogP contribution in [-0.2, 0) is 9.53 Å². The molecule has 0 aliphatic rings. The number of nitrogens with zero attached hydrogens (tertiary/aromatic N) is 1. The average Bonchev–Trinajstić information content (AvgIpc) is 2.39. The first-order valence-electron chi connectivity index (χ1n) is 6.45. The minimum atomic E-state index is -0.662. The summed E-state index contributed by atoms with van der Waals surface area (Å²) in [6.07, 6.45) is 0. The van der Waals surface area contributed by atoms with Crippen LogP contribution in [-0.4, -0.2) is 30.1 Å². The van der Waals surface area contributed by atoms with Crippen LogP contribution in [0.4, 0.5) is 17.1 Å². The van der Waals surface area contributed by atoms with Crippen LogP contribution < -0.4 is 10.6 Å². The quantitative estimate of drug-likeness (QED) is 0.453. The summed E-state index contributed by atoms with van der Waals surface area (Å²) >= 11 is 0. The highest BCUT2D eigenvalue weighted by Crippen LogP contribution is 2.33. The number of nitro benzene ring substituents is 1. The highest BCUT2D eigenvalue weighted by atomic mass is 16.6. The van der Waals surface area contributed by atoms with Gasteiger partial charge < -0.3 is 15.4 Å². The van der Waals surface area contributed by atoms with Gasteiger partial charge in [0.05, 0.1) is 11.5 Å². The van der Waals surface area contributed by atoms with Crippen LogP contribution in [0.2, 0.25) is 0 Å². The summed E-state index contributed by atoms with van der Waals surface area (Å²) < 4.78 is 4.87. The molecule has 20 heavy (non-hydrogen) atoms. The molecule has 0 fully saturated rings. The lowest BCUT2D eigenvalue weighted by Gasteiger charge is -2.15. The van der Waals surface area contributed by atoms with Crippen LogP contribution in [0.15, 0.2) is 18.2 Å². The fourth-order valence-electron chi connectivity index (χ4n) is 1.75. The number of esters is 1. The summed E-state index contributed by atoms with van der Waals surface area (Å²) in [6, 6.07) is 4.22. The molecule has 0 aliphatic carbocycles. The molecule has 0 bridgehead atoms. The van der Waals surface area contributed by atoms with Gasteiger partial charge in [-0.1, -0.05) is 6.07 Å². The number of benzene rings is 1. The highest BCUT2D eigenvalue weighted by molar-refractivity contribution is 5.83. The summed E-state index contributed by atoms with van der Waals surface area (Å²) in [5.74, 6) is -0.448. The van der Waals surface area contributed by atoms with E-state index in [4.69, 9.17) is 4.74 Å². The van der Waals surface area contributed by atoms with E-state index in [1.807, 2.05) is 6.92 Å². The molecule has 0 amide bonds. The maximum atomic E-state index is 11.6. The number of rotatable bonds is 7. The van der Waals surface area contributed by atoms with Crippen molar-refractivity contribution in [3.05, 3.63) is 28.3 Å². The van der Waals surface area contributed by atoms with Gasteiger partial charge in [0, 0.05) is 6.54 Å². The maximum absolute atomic E-state index is 11.6. The molecule has 7 heteroatoms. The molecule has 2 N–H and O–H groups in total. The zero-order valence-electron chi connectivity index (χ0n) is 11.8. The van der Waals surface area contributed by atoms with E-state index in [1.165, 1.54) is 0 Å². The second-order valence-corrected chi connectivity index (χ2v) is 4.11. The van der Waals surface area contributed by atoms with Crippen molar-refractivity contribution in [1.82, 2.24) is 0 Å². The zero-order chi connectivity index (χ0) is 15.1. The Balaban J connectivity index is 3.02. The second-order valence-electron chi connectivity index (χ2n) is 4.11. The van der Waals surface area contributed by atoms with Crippen LogP contribution in [0, 0.1) is 10.1 Å². The predicted octanol–water partition coefficient (Wildman–Crippen LogP) is 2.39. The van der Waals surface area contributed by atoms with Crippen molar-refractivity contribution < 1.29 is 14.5 Å². The number of hydrogen-bond donors (Lipinski definition) is 2. The van der Waals surface area contributed by atoms with Gasteiger partial charge in [0.15, 0.2) is 0 Å². The Bertz CT molecular complexity index is 491. The lowest BCUT2D eigenvalue weighted by atomic mass is 10.2. The van der Waals surface area contributed by atoms with E-state index in [0.29, 0.717) is 12.2 Å². The van der Waals surface area contributed by atoms with Crippen LogP contribution in [0.25, 0.3) is 0 Å². The largest absolute Gasteiger partial charge is 0.464 e. The Morgan fingerprint density at radius 3 is 2.60 bits per heavy atom. The van der Waals surface area contributed by atoms with E-state index in [0.717, 1.165) is 0 Å². The fraction of sp³-hybridized carbons (Fsp3) is 0.462. The summed E-state index contributed by atoms with van der Waals surface area (Å²) in [5, 5.41) is 17.0. The summed E-state index contributed by atoms with van der Waals surface area (Å²) in [4.78, 5) is 22.3. The molecule has 1 unspecified atom stereocenters. The molecule has 7 nitrogen and oxygen atoms in total. The summed E-state index contributed by atoms with van der Waals surface area (Å²) in [5.41, 5.74) is 0.623. The number of anilines is 2. The van der Waals surface area contributed by atoms with Gasteiger partial charge in [0.2, 0.25) is 0 Å². The van der Waals surface area contributed by atoms with E-state index in [9.17, 15) is 14.9 Å². The third-order valence-electron chi connectivity index (χ3n) is 2.60. The molecule has 0 aliphatic heterocycles. The molecule has 0 saturated heterocycles. The monoisotopic (exact) mass is 281 g/mol. The Hall–Kier alpha value is -2.31. The number of nitro groups is 1. The first-order valence-corrected chi connectivity index (χ1v) is 6.45. The number of carbonyl (C=O) groups is 1. The Labute approximate surface area is 117 Å². The van der Waals surface area contributed by atoms with Crippen LogP contribution in [0.3, 0.4) is 0 Å². The van der Waals surface area contributed by atoms with Gasteiger partial charge in [0.25, 0.3) is 0 Å². The number of para-hydroxylation sites is 1. The predicted molar refractivity (Wildman–Crippen MR) is 77.0 cm³/mol. The Morgan fingerprint density at radius 2 is 2.05 bits per heavy atom. The molecule has 1 aromatic rings. The number of carbonyl (C=O) groups excluding carboxylic acids is 1. The molecule has 0 spiro atoms. The minimum absolute atomic E-state index is 0.0782. The van der Waals surface area contributed by atoms with Crippen molar-refractivity contribution in [3.63, 3.8) is 0 Å². The van der Waals surface area contributed by atoms with Gasteiger partial charge in [0.1, 0.15) is 17.4 Å². The first-order chi connectivity index (χ1) is 9.51. The van der Waals surface area contributed by atoms with Gasteiger partial charge in [-0.3, -0.25) is 10.1 Å². The lowest BCUT2D eigenvalue weighted by Crippen LogP contribution is -2.28. The molecule has 1 aromatic carbocycles. The molecule has 0 saturated carbocycles. The van der Waals surface area contributed by atoms with Gasteiger partial charge in [-0.2, -0.15) is 0 Å². The molecular formula is C13H19N3O4. The van der Waals surface area contributed by atoms with Crippen molar-refractivity contribution in [2.75, 3.05) is 23.8 Å². The van der Waals surface area contributed by atoms with E-state index < -0.39 is 16.9 Å². The van der Waals surface area contributed by atoms with Crippen molar-refractivity contribution in [2.45, 2.75) is 26.8 Å². The smallest absolute Gasteiger partial charge is 0.328 e. The van der Waals surface area contributed by atoms with E-state index in [-0.39, 0.29) is 18.0 Å². The zero-order valence-corrected chi connectivity index (χ0v) is 11.8. The number of nitrogens with one attached hydrogen (secondary N) is 2. The third kappa shape index (κ3) is 3.84. The SMILES string of the molecule is CCNc1cccc(NC(C)C(=O)OCC)c1[N+](=O)[O-]. The van der Waals surface area contributed by atoms with Crippen molar-refractivity contribution in [2.24, 2.45) is 0 Å². The van der Waals surface area contributed by atoms with Crippen LogP contribution in [0.1, 0.15) is 20.8 Å². The second kappa shape index (κ2) is 7.32.